The Kier molecular flexibility index (Phi) is 5.83. The average Bonchev–Trinajstić information content (AvgIpc) is 3.21. The Bertz CT molecular complexity index is 748. The average molecular weight is 384 g/mol. The maximum atomic E-state index is 12.6. The van der Waals surface area contributed by atoms with Crippen LogP contribution in [0.1, 0.15) is 17.9 Å². The number of hydrogen-bond donors (Lipinski definition) is 0. The van der Waals surface area contributed by atoms with Gasteiger partial charge >= 0.3 is 6.18 Å². The van der Waals surface area contributed by atoms with Crippen LogP contribution in [0, 0.1) is 0 Å². The minimum atomic E-state index is -4.36. The highest BCUT2D eigenvalue weighted by Gasteiger charge is 2.31. The van der Waals surface area contributed by atoms with E-state index in [-0.39, 0.29) is 11.9 Å². The zero-order valence-corrected chi connectivity index (χ0v) is 15.5. The summed E-state index contributed by atoms with van der Waals surface area (Å²) in [6.07, 6.45) is -3.14. The lowest BCUT2D eigenvalue weighted by Gasteiger charge is -2.24. The number of benzene rings is 1. The Morgan fingerprint density at radius 1 is 1.30 bits per heavy atom. The van der Waals surface area contributed by atoms with Gasteiger partial charge in [-0.05, 0) is 32.6 Å². The molecule has 0 saturated carbocycles. The van der Waals surface area contributed by atoms with E-state index in [9.17, 15) is 13.2 Å². The first-order valence-corrected chi connectivity index (χ1v) is 8.68. The fraction of sp³-hybridized carbons (Fsp3) is 0.556. The van der Waals surface area contributed by atoms with E-state index in [1.807, 2.05) is 7.05 Å². The lowest BCUT2D eigenvalue weighted by Crippen LogP contribution is -2.36. The topological polar surface area (TPSA) is 54.6 Å². The number of likely N-dealkylation sites (N-methyl/N-ethyl adjacent to an activating group) is 2. The van der Waals surface area contributed by atoms with Gasteiger partial charge in [0.05, 0.1) is 18.2 Å². The predicted octanol–water partition coefficient (Wildman–Crippen LogP) is 2.91. The molecule has 1 aliphatic rings. The Labute approximate surface area is 155 Å². The highest BCUT2D eigenvalue weighted by atomic mass is 19.4. The van der Waals surface area contributed by atoms with Crippen molar-refractivity contribution in [2.45, 2.75) is 31.3 Å². The van der Waals surface area contributed by atoms with Gasteiger partial charge in [0.2, 0.25) is 11.7 Å². The Morgan fingerprint density at radius 3 is 2.59 bits per heavy atom. The monoisotopic (exact) mass is 384 g/mol. The molecule has 1 saturated heterocycles. The van der Waals surface area contributed by atoms with E-state index in [0.29, 0.717) is 24.0 Å². The molecule has 1 fully saturated rings. The minimum absolute atomic E-state index is 0.253. The van der Waals surface area contributed by atoms with Crippen LogP contribution >= 0.6 is 0 Å². The second-order valence-corrected chi connectivity index (χ2v) is 6.97. The van der Waals surface area contributed by atoms with E-state index in [4.69, 9.17) is 9.26 Å². The van der Waals surface area contributed by atoms with Gasteiger partial charge in [-0.3, -0.25) is 9.80 Å². The quantitative estimate of drug-likeness (QED) is 0.763. The number of ether oxygens (including phenoxy) is 1. The first-order chi connectivity index (χ1) is 12.8. The third-order valence-electron chi connectivity index (χ3n) is 4.85. The zero-order chi connectivity index (χ0) is 19.6. The van der Waals surface area contributed by atoms with Gasteiger partial charge in [0, 0.05) is 31.8 Å². The molecule has 0 aliphatic carbocycles. The smallest absolute Gasteiger partial charge is 0.380 e. The minimum Gasteiger partial charge on any atom is -0.380 e. The molecule has 2 atom stereocenters. The summed E-state index contributed by atoms with van der Waals surface area (Å²) in [4.78, 5) is 8.65. The van der Waals surface area contributed by atoms with Gasteiger partial charge < -0.3 is 9.26 Å². The highest BCUT2D eigenvalue weighted by molar-refractivity contribution is 5.54. The van der Waals surface area contributed by atoms with Crippen LogP contribution in [-0.4, -0.2) is 66.4 Å². The van der Waals surface area contributed by atoms with E-state index >= 15 is 0 Å². The van der Waals surface area contributed by atoms with Crippen molar-refractivity contribution in [3.8, 4) is 11.4 Å². The molecule has 6 nitrogen and oxygen atoms in total. The molecular formula is C18H23F3N4O2. The third-order valence-corrected chi connectivity index (χ3v) is 4.85. The summed E-state index contributed by atoms with van der Waals surface area (Å²) in [5.41, 5.74) is -0.219. The van der Waals surface area contributed by atoms with Crippen LogP contribution in [0.25, 0.3) is 11.4 Å². The molecule has 3 rings (SSSR count). The van der Waals surface area contributed by atoms with Gasteiger partial charge in [-0.25, -0.2) is 0 Å². The van der Waals surface area contributed by atoms with E-state index in [1.165, 1.54) is 12.1 Å². The number of likely N-dealkylation sites (tertiary alicyclic amines) is 1. The molecule has 1 aromatic carbocycles. The van der Waals surface area contributed by atoms with E-state index in [1.54, 1.807) is 7.11 Å². The maximum Gasteiger partial charge on any atom is 0.416 e. The van der Waals surface area contributed by atoms with Crippen LogP contribution in [0.3, 0.4) is 0 Å². The van der Waals surface area contributed by atoms with Gasteiger partial charge in [0.25, 0.3) is 0 Å². The summed E-state index contributed by atoms with van der Waals surface area (Å²) in [6, 6.07) is 5.11. The maximum absolute atomic E-state index is 12.6. The second-order valence-electron chi connectivity index (χ2n) is 6.97. The van der Waals surface area contributed by atoms with Crippen LogP contribution in [0.2, 0.25) is 0 Å². The molecule has 0 amide bonds. The van der Waals surface area contributed by atoms with Crippen LogP contribution < -0.4 is 0 Å². The SMILES string of the molecule is CO[C@H]1C[C@@H](CN(C)Cc2nc(-c3ccc(C(F)(F)F)cc3)no2)N(C)C1. The van der Waals surface area contributed by atoms with Gasteiger partial charge in [-0.1, -0.05) is 17.3 Å². The molecule has 1 aromatic heterocycles. The van der Waals surface area contributed by atoms with E-state index in [2.05, 4.69) is 27.0 Å². The molecule has 0 unspecified atom stereocenters. The van der Waals surface area contributed by atoms with Gasteiger partial charge in [0.15, 0.2) is 0 Å². The van der Waals surface area contributed by atoms with Crippen molar-refractivity contribution < 1.29 is 22.4 Å². The molecule has 0 bridgehead atoms. The standard InChI is InChI=1S/C18H23F3N4O2/c1-24(9-14-8-15(26-3)10-25(14)2)11-16-22-17(23-27-16)12-4-6-13(7-5-12)18(19,20)21/h4-7,14-15H,8-11H2,1-3H3/t14-,15-/m0/s1. The fourth-order valence-electron chi connectivity index (χ4n) is 3.31. The molecule has 148 valence electrons. The first kappa shape index (κ1) is 19.8. The van der Waals surface area contributed by atoms with E-state index < -0.39 is 11.7 Å². The molecule has 27 heavy (non-hydrogen) atoms. The number of methoxy groups -OCH3 is 1. The van der Waals surface area contributed by atoms with Crippen molar-refractivity contribution in [3.63, 3.8) is 0 Å². The summed E-state index contributed by atoms with van der Waals surface area (Å²) in [7, 11) is 5.77. The highest BCUT2D eigenvalue weighted by Crippen LogP contribution is 2.30. The number of rotatable bonds is 6. The van der Waals surface area contributed by atoms with Gasteiger partial charge in [-0.15, -0.1) is 0 Å². The normalized spacial score (nSPS) is 21.3. The van der Waals surface area contributed by atoms with Crippen molar-refractivity contribution in [1.82, 2.24) is 19.9 Å². The summed E-state index contributed by atoms with van der Waals surface area (Å²) in [5.74, 6) is 0.709. The Morgan fingerprint density at radius 2 is 2.00 bits per heavy atom. The molecular weight excluding hydrogens is 361 g/mol. The van der Waals surface area contributed by atoms with Crippen LogP contribution in [-0.2, 0) is 17.5 Å². The number of alkyl halides is 3. The van der Waals surface area contributed by atoms with Crippen LogP contribution in [0.4, 0.5) is 13.2 Å². The van der Waals surface area contributed by atoms with Crippen LogP contribution in [0.5, 0.6) is 0 Å². The number of halogens is 3. The zero-order valence-electron chi connectivity index (χ0n) is 15.5. The molecule has 0 radical (unpaired) electrons. The van der Waals surface area contributed by atoms with E-state index in [0.717, 1.165) is 31.6 Å². The van der Waals surface area contributed by atoms with Crippen molar-refractivity contribution >= 4 is 0 Å². The molecule has 2 heterocycles. The van der Waals surface area contributed by atoms with Crippen molar-refractivity contribution in [2.24, 2.45) is 0 Å². The Balaban J connectivity index is 1.59. The lowest BCUT2D eigenvalue weighted by molar-refractivity contribution is -0.137. The molecule has 9 heteroatoms. The molecule has 2 aromatic rings. The molecule has 0 spiro atoms. The fourth-order valence-corrected chi connectivity index (χ4v) is 3.31. The second kappa shape index (κ2) is 7.95. The largest absolute Gasteiger partial charge is 0.416 e. The summed E-state index contributed by atoms with van der Waals surface area (Å²) < 4.78 is 48.6. The lowest BCUT2D eigenvalue weighted by atomic mass is 10.1. The summed E-state index contributed by atoms with van der Waals surface area (Å²) in [6.45, 7) is 2.21. The number of hydrogen-bond acceptors (Lipinski definition) is 6. The van der Waals surface area contributed by atoms with Crippen molar-refractivity contribution in [3.05, 3.63) is 35.7 Å². The molecule has 0 N–H and O–H groups in total. The van der Waals surface area contributed by atoms with Crippen LogP contribution in [0.15, 0.2) is 28.8 Å². The predicted molar refractivity (Wildman–Crippen MR) is 92.9 cm³/mol. The number of aromatic nitrogens is 2. The van der Waals surface area contributed by atoms with Gasteiger partial charge in [-0.2, -0.15) is 18.2 Å². The summed E-state index contributed by atoms with van der Waals surface area (Å²) >= 11 is 0. The molecule has 1 aliphatic heterocycles. The Hall–Kier alpha value is -1.97. The number of nitrogens with zero attached hydrogens (tertiary/aromatic N) is 4. The van der Waals surface area contributed by atoms with Gasteiger partial charge in [0.1, 0.15) is 0 Å². The van der Waals surface area contributed by atoms with Crippen molar-refractivity contribution in [2.75, 3.05) is 34.3 Å². The first-order valence-electron chi connectivity index (χ1n) is 8.68. The third kappa shape index (κ3) is 4.85. The summed E-state index contributed by atoms with van der Waals surface area (Å²) in [5, 5.41) is 3.88. The van der Waals surface area contributed by atoms with Crippen molar-refractivity contribution in [1.29, 1.82) is 0 Å².